The van der Waals surface area contributed by atoms with Crippen LogP contribution in [-0.2, 0) is 0 Å². The Labute approximate surface area is 118 Å². The van der Waals surface area contributed by atoms with Crippen LogP contribution < -0.4 is 5.32 Å². The predicted octanol–water partition coefficient (Wildman–Crippen LogP) is 2.43. The third-order valence-electron chi connectivity index (χ3n) is 2.60. The van der Waals surface area contributed by atoms with E-state index in [0.717, 1.165) is 0 Å². The molecule has 0 radical (unpaired) electrons. The topological polar surface area (TPSA) is 49.3 Å². The van der Waals surface area contributed by atoms with Crippen LogP contribution in [0.3, 0.4) is 0 Å². The smallest absolute Gasteiger partial charge is 0.254 e. The molecular formula is C12H15BrFNO2S. The lowest BCUT2D eigenvalue weighted by atomic mass is 10.1. The van der Waals surface area contributed by atoms with Crippen molar-refractivity contribution in [3.8, 4) is 0 Å². The van der Waals surface area contributed by atoms with Crippen LogP contribution in [0, 0.1) is 5.82 Å². The monoisotopic (exact) mass is 335 g/mol. The zero-order valence-electron chi connectivity index (χ0n) is 10.1. The molecular weight excluding hydrogens is 321 g/mol. The molecule has 2 N–H and O–H groups in total. The summed E-state index contributed by atoms with van der Waals surface area (Å²) in [5.74, 6) is -1.05. The molecule has 1 aromatic carbocycles. The van der Waals surface area contributed by atoms with Gasteiger partial charge in [0.25, 0.3) is 5.91 Å². The van der Waals surface area contributed by atoms with E-state index in [1.165, 1.54) is 23.9 Å². The minimum atomic E-state index is -0.577. The number of halogens is 2. The maximum atomic E-state index is 13.7. The maximum absolute atomic E-state index is 13.7. The van der Waals surface area contributed by atoms with E-state index < -0.39 is 11.7 Å². The first-order chi connectivity index (χ1) is 8.51. The van der Waals surface area contributed by atoms with Crippen molar-refractivity contribution in [2.75, 3.05) is 12.9 Å². The highest BCUT2D eigenvalue weighted by Gasteiger charge is 2.20. The fraction of sp³-hybridized carbons (Fsp3) is 0.417. The lowest BCUT2D eigenvalue weighted by molar-refractivity contribution is 0.0931. The number of thioether (sulfide) groups is 1. The van der Waals surface area contributed by atoms with Crippen LogP contribution >= 0.6 is 27.7 Å². The summed E-state index contributed by atoms with van der Waals surface area (Å²) < 4.78 is 14.0. The van der Waals surface area contributed by atoms with Gasteiger partial charge in [0.05, 0.1) is 16.6 Å². The van der Waals surface area contributed by atoms with Gasteiger partial charge in [-0.1, -0.05) is 6.07 Å². The summed E-state index contributed by atoms with van der Waals surface area (Å²) in [7, 11) is 0. The molecule has 2 atom stereocenters. The summed E-state index contributed by atoms with van der Waals surface area (Å²) >= 11 is 4.49. The Hall–Kier alpha value is -0.590. The molecule has 0 fully saturated rings. The van der Waals surface area contributed by atoms with Crippen molar-refractivity contribution in [2.24, 2.45) is 0 Å². The van der Waals surface area contributed by atoms with Gasteiger partial charge in [0, 0.05) is 11.3 Å². The second kappa shape index (κ2) is 7.11. The zero-order chi connectivity index (χ0) is 13.7. The molecule has 0 aromatic heterocycles. The van der Waals surface area contributed by atoms with Crippen LogP contribution in [0.5, 0.6) is 0 Å². The number of rotatable bonds is 5. The highest BCUT2D eigenvalue weighted by Crippen LogP contribution is 2.19. The summed E-state index contributed by atoms with van der Waals surface area (Å²) in [5, 5.41) is 11.7. The standard InChI is InChI=1S/C12H15BrFNO2S/c1-7(10(6-16)18-2)15-12(17)8-4-3-5-9(13)11(8)14/h3-5,7,10,16H,6H2,1-2H3,(H,15,17). The molecule has 18 heavy (non-hydrogen) atoms. The second-order valence-corrected chi connectivity index (χ2v) is 5.75. The molecule has 6 heteroatoms. The lowest BCUT2D eigenvalue weighted by Crippen LogP contribution is -2.41. The van der Waals surface area contributed by atoms with E-state index in [4.69, 9.17) is 5.11 Å². The average molecular weight is 336 g/mol. The molecule has 0 saturated heterocycles. The van der Waals surface area contributed by atoms with E-state index in [9.17, 15) is 9.18 Å². The van der Waals surface area contributed by atoms with Gasteiger partial charge in [-0.15, -0.1) is 0 Å². The third-order valence-corrected chi connectivity index (χ3v) is 4.37. The van der Waals surface area contributed by atoms with Gasteiger partial charge in [-0.05, 0) is 41.2 Å². The minimum Gasteiger partial charge on any atom is -0.395 e. The lowest BCUT2D eigenvalue weighted by Gasteiger charge is -2.21. The minimum absolute atomic E-state index is 0.00554. The van der Waals surface area contributed by atoms with Crippen molar-refractivity contribution in [2.45, 2.75) is 18.2 Å². The Morgan fingerprint density at radius 2 is 2.28 bits per heavy atom. The summed E-state index contributed by atoms with van der Waals surface area (Å²) in [6, 6.07) is 4.32. The van der Waals surface area contributed by atoms with Gasteiger partial charge >= 0.3 is 0 Å². The van der Waals surface area contributed by atoms with Crippen LogP contribution in [0.15, 0.2) is 22.7 Å². The summed E-state index contributed by atoms with van der Waals surface area (Å²) in [4.78, 5) is 11.9. The van der Waals surface area contributed by atoms with Crippen molar-refractivity contribution < 1.29 is 14.3 Å². The number of carbonyl (C=O) groups is 1. The van der Waals surface area contributed by atoms with Crippen molar-refractivity contribution in [1.29, 1.82) is 0 Å². The number of aliphatic hydroxyl groups excluding tert-OH is 1. The number of carbonyl (C=O) groups excluding carboxylic acids is 1. The number of nitrogens with one attached hydrogen (secondary N) is 1. The van der Waals surface area contributed by atoms with Gasteiger partial charge in [0.1, 0.15) is 5.82 Å². The number of aliphatic hydroxyl groups is 1. The first-order valence-electron chi connectivity index (χ1n) is 5.39. The van der Waals surface area contributed by atoms with E-state index >= 15 is 0 Å². The molecule has 1 amide bonds. The number of amides is 1. The molecule has 0 bridgehead atoms. The normalized spacial score (nSPS) is 14.1. The van der Waals surface area contributed by atoms with Gasteiger partial charge in [0.15, 0.2) is 0 Å². The quantitative estimate of drug-likeness (QED) is 0.868. The molecule has 0 spiro atoms. The Bertz CT molecular complexity index is 427. The number of hydrogen-bond acceptors (Lipinski definition) is 3. The van der Waals surface area contributed by atoms with E-state index in [2.05, 4.69) is 21.2 Å². The van der Waals surface area contributed by atoms with E-state index in [1.54, 1.807) is 13.0 Å². The second-order valence-electron chi connectivity index (χ2n) is 3.82. The Morgan fingerprint density at radius 1 is 1.61 bits per heavy atom. The molecule has 0 heterocycles. The largest absolute Gasteiger partial charge is 0.395 e. The number of hydrogen-bond donors (Lipinski definition) is 2. The van der Waals surface area contributed by atoms with E-state index in [1.807, 2.05) is 6.26 Å². The molecule has 0 aliphatic carbocycles. The zero-order valence-corrected chi connectivity index (χ0v) is 12.5. The SMILES string of the molecule is CSC(CO)C(C)NC(=O)c1cccc(Br)c1F. The van der Waals surface area contributed by atoms with E-state index in [0.29, 0.717) is 0 Å². The number of benzene rings is 1. The molecule has 0 saturated carbocycles. The van der Waals surface area contributed by atoms with Crippen LogP contribution in [0.2, 0.25) is 0 Å². The van der Waals surface area contributed by atoms with Crippen LogP contribution in [-0.4, -0.2) is 35.2 Å². The van der Waals surface area contributed by atoms with Gasteiger partial charge in [-0.3, -0.25) is 4.79 Å². The molecule has 100 valence electrons. The van der Waals surface area contributed by atoms with Crippen LogP contribution in [0.1, 0.15) is 17.3 Å². The fourth-order valence-corrected chi connectivity index (χ4v) is 2.48. The van der Waals surface area contributed by atoms with Crippen molar-refractivity contribution in [1.82, 2.24) is 5.32 Å². The Morgan fingerprint density at radius 3 is 2.83 bits per heavy atom. The summed E-state index contributed by atoms with van der Waals surface area (Å²) in [6.45, 7) is 1.74. The predicted molar refractivity (Wildman–Crippen MR) is 75.4 cm³/mol. The third kappa shape index (κ3) is 3.70. The van der Waals surface area contributed by atoms with Crippen LogP contribution in [0.4, 0.5) is 4.39 Å². The van der Waals surface area contributed by atoms with Crippen molar-refractivity contribution >= 4 is 33.6 Å². The first-order valence-corrected chi connectivity index (χ1v) is 7.47. The average Bonchev–Trinajstić information content (AvgIpc) is 2.34. The van der Waals surface area contributed by atoms with Gasteiger partial charge < -0.3 is 10.4 Å². The maximum Gasteiger partial charge on any atom is 0.254 e. The molecule has 1 rings (SSSR count). The van der Waals surface area contributed by atoms with E-state index in [-0.39, 0.29) is 27.9 Å². The van der Waals surface area contributed by atoms with Crippen LogP contribution in [0.25, 0.3) is 0 Å². The Kier molecular flexibility index (Phi) is 6.11. The molecule has 0 aliphatic heterocycles. The highest BCUT2D eigenvalue weighted by atomic mass is 79.9. The first kappa shape index (κ1) is 15.5. The van der Waals surface area contributed by atoms with Gasteiger partial charge in [0.2, 0.25) is 0 Å². The van der Waals surface area contributed by atoms with Crippen molar-refractivity contribution in [3.63, 3.8) is 0 Å². The molecule has 0 aliphatic rings. The molecule has 2 unspecified atom stereocenters. The molecule has 1 aromatic rings. The van der Waals surface area contributed by atoms with Crippen molar-refractivity contribution in [3.05, 3.63) is 34.1 Å². The van der Waals surface area contributed by atoms with Gasteiger partial charge in [-0.25, -0.2) is 4.39 Å². The summed E-state index contributed by atoms with van der Waals surface area (Å²) in [5.41, 5.74) is -0.00554. The molecule has 3 nitrogen and oxygen atoms in total. The van der Waals surface area contributed by atoms with Gasteiger partial charge in [-0.2, -0.15) is 11.8 Å². The summed E-state index contributed by atoms with van der Waals surface area (Å²) in [6.07, 6.45) is 1.85. The highest BCUT2D eigenvalue weighted by molar-refractivity contribution is 9.10. The fourth-order valence-electron chi connectivity index (χ4n) is 1.49. The Balaban J connectivity index is 2.79.